The highest BCUT2D eigenvalue weighted by Crippen LogP contribution is 2.24. The number of hydrogen-bond acceptors (Lipinski definition) is 2. The summed E-state index contributed by atoms with van der Waals surface area (Å²) in [5, 5.41) is 2.79. The summed E-state index contributed by atoms with van der Waals surface area (Å²) in [4.78, 5) is 11.0. The summed E-state index contributed by atoms with van der Waals surface area (Å²) in [6, 6.07) is 18.3. The molecule has 4 heteroatoms. The Balaban J connectivity index is 0.00000133. The Morgan fingerprint density at radius 1 is 1.00 bits per heavy atom. The maximum Gasteiger partial charge on any atom is 0.407 e. The van der Waals surface area contributed by atoms with Gasteiger partial charge in [0.2, 0.25) is 0 Å². The minimum atomic E-state index is -0.342. The monoisotopic (exact) mass is 275 g/mol. The topological polar surface area (TPSA) is 38.3 Å². The minimum Gasteiger partial charge on any atom is -0.447 e. The minimum absolute atomic E-state index is 0. The highest BCUT2D eigenvalue weighted by molar-refractivity contribution is 5.85. The fourth-order valence-corrected chi connectivity index (χ4v) is 2.13. The summed E-state index contributed by atoms with van der Waals surface area (Å²) in [6.45, 7) is 0.400. The number of amides is 1. The van der Waals surface area contributed by atoms with E-state index in [2.05, 4.69) is 29.6 Å². The third-order valence-corrected chi connectivity index (χ3v) is 3.07. The molecule has 0 unspecified atom stereocenters. The molecule has 0 spiro atoms. The molecular formula is C15H14ClNO2. The number of halogens is 1. The second-order valence-electron chi connectivity index (χ2n) is 4.29. The van der Waals surface area contributed by atoms with E-state index in [0.717, 1.165) is 11.1 Å². The summed E-state index contributed by atoms with van der Waals surface area (Å²) in [5.41, 5.74) is 3.39. The number of hydrogen-bond donors (Lipinski definition) is 1. The first-order valence-electron chi connectivity index (χ1n) is 5.91. The molecule has 0 aliphatic carbocycles. The Labute approximate surface area is 118 Å². The molecule has 1 saturated heterocycles. The molecule has 1 amide bonds. The molecule has 1 atom stereocenters. The number of nitrogens with one attached hydrogen (secondary N) is 1. The number of cyclic esters (lactones) is 1. The maximum atomic E-state index is 11.0. The molecule has 1 heterocycles. The van der Waals surface area contributed by atoms with Crippen molar-refractivity contribution in [2.45, 2.75) is 6.04 Å². The van der Waals surface area contributed by atoms with E-state index in [0.29, 0.717) is 6.61 Å². The smallest absolute Gasteiger partial charge is 0.407 e. The van der Waals surface area contributed by atoms with Gasteiger partial charge in [0.1, 0.15) is 6.61 Å². The Kier molecular flexibility index (Phi) is 4.07. The Morgan fingerprint density at radius 3 is 2.42 bits per heavy atom. The fourth-order valence-electron chi connectivity index (χ4n) is 2.13. The van der Waals surface area contributed by atoms with Crippen molar-refractivity contribution in [2.75, 3.05) is 6.61 Å². The van der Waals surface area contributed by atoms with Gasteiger partial charge in [0.15, 0.2) is 0 Å². The van der Waals surface area contributed by atoms with Crippen LogP contribution in [0.3, 0.4) is 0 Å². The lowest BCUT2D eigenvalue weighted by Gasteiger charge is -2.09. The zero-order valence-corrected chi connectivity index (χ0v) is 11.0. The fraction of sp³-hybridized carbons (Fsp3) is 0.133. The van der Waals surface area contributed by atoms with Gasteiger partial charge in [-0.15, -0.1) is 12.4 Å². The van der Waals surface area contributed by atoms with E-state index in [1.165, 1.54) is 5.56 Å². The number of rotatable bonds is 2. The van der Waals surface area contributed by atoms with Gasteiger partial charge in [-0.05, 0) is 22.8 Å². The molecule has 1 N–H and O–H groups in total. The van der Waals surface area contributed by atoms with Crippen molar-refractivity contribution in [3.63, 3.8) is 0 Å². The van der Waals surface area contributed by atoms with Crippen molar-refractivity contribution in [1.29, 1.82) is 0 Å². The van der Waals surface area contributed by atoms with E-state index >= 15 is 0 Å². The maximum absolute atomic E-state index is 11.0. The molecular weight excluding hydrogens is 262 g/mol. The van der Waals surface area contributed by atoms with Crippen LogP contribution in [-0.2, 0) is 4.74 Å². The third kappa shape index (κ3) is 2.88. The Bertz CT molecular complexity index is 571. The molecule has 3 rings (SSSR count). The average Bonchev–Trinajstić information content (AvgIpc) is 2.87. The molecule has 2 aromatic carbocycles. The van der Waals surface area contributed by atoms with Gasteiger partial charge in [0.25, 0.3) is 0 Å². The SMILES string of the molecule is Cl.O=C1N[C@@H](c2cccc(-c3ccccc3)c2)CO1. The van der Waals surface area contributed by atoms with Gasteiger partial charge in [-0.1, -0.05) is 48.5 Å². The van der Waals surface area contributed by atoms with Gasteiger partial charge in [-0.25, -0.2) is 4.79 Å². The van der Waals surface area contributed by atoms with Crippen LogP contribution in [0.25, 0.3) is 11.1 Å². The molecule has 1 aliphatic rings. The van der Waals surface area contributed by atoms with Crippen LogP contribution in [0.2, 0.25) is 0 Å². The number of ether oxygens (including phenoxy) is 1. The standard InChI is InChI=1S/C15H13NO2.ClH/c17-15-16-14(10-18-15)13-8-4-7-12(9-13)11-5-2-1-3-6-11;/h1-9,14H,10H2,(H,16,17);1H/t14-;/m1./s1. The predicted octanol–water partition coefficient (Wildman–Crippen LogP) is 3.56. The van der Waals surface area contributed by atoms with Gasteiger partial charge in [-0.2, -0.15) is 0 Å². The predicted molar refractivity (Wildman–Crippen MR) is 76.4 cm³/mol. The first-order valence-corrected chi connectivity index (χ1v) is 5.91. The molecule has 1 fully saturated rings. The van der Waals surface area contributed by atoms with Crippen molar-refractivity contribution in [1.82, 2.24) is 5.32 Å². The summed E-state index contributed by atoms with van der Waals surface area (Å²) in [7, 11) is 0. The van der Waals surface area contributed by atoms with E-state index in [-0.39, 0.29) is 24.5 Å². The molecule has 0 aromatic heterocycles. The Morgan fingerprint density at radius 2 is 1.74 bits per heavy atom. The quantitative estimate of drug-likeness (QED) is 0.910. The van der Waals surface area contributed by atoms with Crippen molar-refractivity contribution in [3.05, 3.63) is 60.2 Å². The van der Waals surface area contributed by atoms with Crippen LogP contribution in [0.15, 0.2) is 54.6 Å². The lowest BCUT2D eigenvalue weighted by molar-refractivity contribution is 0.177. The van der Waals surface area contributed by atoms with Crippen molar-refractivity contribution in [2.24, 2.45) is 0 Å². The first-order chi connectivity index (χ1) is 8.83. The van der Waals surface area contributed by atoms with Crippen LogP contribution in [0.5, 0.6) is 0 Å². The summed E-state index contributed by atoms with van der Waals surface area (Å²) < 4.78 is 4.92. The van der Waals surface area contributed by atoms with E-state index in [4.69, 9.17) is 4.74 Å². The molecule has 0 bridgehead atoms. The van der Waals surface area contributed by atoms with Crippen LogP contribution in [0, 0.1) is 0 Å². The Hall–Kier alpha value is -2.00. The van der Waals surface area contributed by atoms with Gasteiger partial charge in [0, 0.05) is 0 Å². The van der Waals surface area contributed by atoms with E-state index in [1.807, 2.05) is 30.3 Å². The molecule has 19 heavy (non-hydrogen) atoms. The van der Waals surface area contributed by atoms with Crippen LogP contribution < -0.4 is 5.32 Å². The van der Waals surface area contributed by atoms with E-state index < -0.39 is 0 Å². The molecule has 1 aliphatic heterocycles. The van der Waals surface area contributed by atoms with E-state index in [9.17, 15) is 4.79 Å². The summed E-state index contributed by atoms with van der Waals surface area (Å²) in [6.07, 6.45) is -0.342. The summed E-state index contributed by atoms with van der Waals surface area (Å²) in [5.74, 6) is 0. The molecule has 2 aromatic rings. The van der Waals surface area contributed by atoms with Gasteiger partial charge < -0.3 is 10.1 Å². The molecule has 0 saturated carbocycles. The van der Waals surface area contributed by atoms with Crippen molar-refractivity contribution in [3.8, 4) is 11.1 Å². The second-order valence-corrected chi connectivity index (χ2v) is 4.29. The molecule has 98 valence electrons. The highest BCUT2D eigenvalue weighted by atomic mass is 35.5. The van der Waals surface area contributed by atoms with Gasteiger partial charge in [-0.3, -0.25) is 0 Å². The zero-order chi connectivity index (χ0) is 12.4. The highest BCUT2D eigenvalue weighted by Gasteiger charge is 2.23. The second kappa shape index (κ2) is 5.76. The van der Waals surface area contributed by atoms with Gasteiger partial charge >= 0.3 is 6.09 Å². The van der Waals surface area contributed by atoms with Crippen LogP contribution in [0.1, 0.15) is 11.6 Å². The zero-order valence-electron chi connectivity index (χ0n) is 10.2. The van der Waals surface area contributed by atoms with Crippen molar-refractivity contribution < 1.29 is 9.53 Å². The number of alkyl carbamates (subject to hydrolysis) is 1. The van der Waals surface area contributed by atoms with Crippen LogP contribution in [-0.4, -0.2) is 12.7 Å². The number of benzene rings is 2. The molecule has 0 radical (unpaired) electrons. The van der Waals surface area contributed by atoms with Crippen LogP contribution in [0.4, 0.5) is 4.79 Å². The number of carbonyl (C=O) groups excluding carboxylic acids is 1. The lowest BCUT2D eigenvalue weighted by atomic mass is 10.00. The third-order valence-electron chi connectivity index (χ3n) is 3.07. The van der Waals surface area contributed by atoms with Crippen LogP contribution >= 0.6 is 12.4 Å². The van der Waals surface area contributed by atoms with E-state index in [1.54, 1.807) is 0 Å². The number of carbonyl (C=O) groups is 1. The first kappa shape index (κ1) is 13.4. The summed E-state index contributed by atoms with van der Waals surface area (Å²) >= 11 is 0. The van der Waals surface area contributed by atoms with Gasteiger partial charge in [0.05, 0.1) is 6.04 Å². The van der Waals surface area contributed by atoms with Crippen molar-refractivity contribution >= 4 is 18.5 Å². The molecule has 3 nitrogen and oxygen atoms in total. The largest absolute Gasteiger partial charge is 0.447 e. The average molecular weight is 276 g/mol. The lowest BCUT2D eigenvalue weighted by Crippen LogP contribution is -2.18. The normalized spacial score (nSPS) is 17.3.